The van der Waals surface area contributed by atoms with Crippen molar-refractivity contribution in [1.29, 1.82) is 0 Å². The Morgan fingerprint density at radius 2 is 2.40 bits per heavy atom. The summed E-state index contributed by atoms with van der Waals surface area (Å²) in [4.78, 5) is 11.6. The molecule has 1 aliphatic heterocycles. The molecule has 3 atom stereocenters. The van der Waals surface area contributed by atoms with E-state index in [1.54, 1.807) is 14.0 Å². The molecule has 0 aromatic carbocycles. The highest BCUT2D eigenvalue weighted by molar-refractivity contribution is 5.79. The lowest BCUT2D eigenvalue weighted by Gasteiger charge is -2.52. The van der Waals surface area contributed by atoms with Gasteiger partial charge < -0.3 is 14.2 Å². The van der Waals surface area contributed by atoms with E-state index in [9.17, 15) is 4.79 Å². The molecule has 2 rings (SSSR count). The molecule has 4 heteroatoms. The number of allylic oxidation sites excluding steroid dienone is 1. The van der Waals surface area contributed by atoms with E-state index in [0.717, 1.165) is 0 Å². The van der Waals surface area contributed by atoms with Gasteiger partial charge in [-0.3, -0.25) is 4.79 Å². The maximum Gasteiger partial charge on any atom is 0.317 e. The fourth-order valence-corrected chi connectivity index (χ4v) is 2.43. The van der Waals surface area contributed by atoms with Crippen LogP contribution in [0.5, 0.6) is 0 Å². The summed E-state index contributed by atoms with van der Waals surface area (Å²) in [5.41, 5.74) is -0.588. The summed E-state index contributed by atoms with van der Waals surface area (Å²) in [5, 5.41) is 0. The van der Waals surface area contributed by atoms with E-state index in [0.29, 0.717) is 18.8 Å². The number of esters is 1. The van der Waals surface area contributed by atoms with Crippen LogP contribution >= 0.6 is 0 Å². The summed E-state index contributed by atoms with van der Waals surface area (Å²) < 4.78 is 16.1. The molecule has 15 heavy (non-hydrogen) atoms. The predicted octanol–water partition coefficient (Wildman–Crippen LogP) is 1.26. The van der Waals surface area contributed by atoms with Gasteiger partial charge in [0.1, 0.15) is 11.4 Å². The molecular weight excluding hydrogens is 196 g/mol. The first kappa shape index (κ1) is 10.6. The molecular formula is C11H16O4. The Hall–Kier alpha value is -0.870. The highest BCUT2D eigenvalue weighted by atomic mass is 16.6. The van der Waals surface area contributed by atoms with Crippen molar-refractivity contribution >= 4 is 5.97 Å². The number of ether oxygens (including phenoxy) is 3. The molecule has 0 N–H and O–H groups in total. The molecule has 0 radical (unpaired) electrons. The van der Waals surface area contributed by atoms with Gasteiger partial charge >= 0.3 is 5.97 Å². The molecule has 0 bridgehead atoms. The van der Waals surface area contributed by atoms with Crippen LogP contribution in [0.15, 0.2) is 11.8 Å². The number of hydrogen-bond acceptors (Lipinski definition) is 4. The Labute approximate surface area is 89.2 Å². The second kappa shape index (κ2) is 3.61. The number of carbonyl (C=O) groups is 1. The zero-order valence-corrected chi connectivity index (χ0v) is 9.28. The molecule has 1 fully saturated rings. The molecule has 1 heterocycles. The van der Waals surface area contributed by atoms with Crippen molar-refractivity contribution in [3.05, 3.63) is 11.8 Å². The summed E-state index contributed by atoms with van der Waals surface area (Å²) in [6.45, 7) is 4.33. The molecule has 0 spiro atoms. The normalized spacial score (nSPS) is 38.9. The van der Waals surface area contributed by atoms with Gasteiger partial charge in [-0.05, 0) is 26.3 Å². The first-order valence-electron chi connectivity index (χ1n) is 5.22. The summed E-state index contributed by atoms with van der Waals surface area (Å²) in [6, 6.07) is 0. The van der Waals surface area contributed by atoms with E-state index < -0.39 is 5.60 Å². The minimum atomic E-state index is -0.588. The van der Waals surface area contributed by atoms with Crippen LogP contribution in [0.4, 0.5) is 0 Å². The van der Waals surface area contributed by atoms with Gasteiger partial charge in [0.2, 0.25) is 0 Å². The number of hydrogen-bond donors (Lipinski definition) is 0. The molecule has 4 nitrogen and oxygen atoms in total. The first-order chi connectivity index (χ1) is 7.14. The van der Waals surface area contributed by atoms with E-state index >= 15 is 0 Å². The summed E-state index contributed by atoms with van der Waals surface area (Å²) in [5.74, 6) is 0.193. The van der Waals surface area contributed by atoms with Gasteiger partial charge in [0.15, 0.2) is 0 Å². The van der Waals surface area contributed by atoms with E-state index in [2.05, 4.69) is 0 Å². The number of methoxy groups -OCH3 is 1. The van der Waals surface area contributed by atoms with Crippen LogP contribution < -0.4 is 0 Å². The van der Waals surface area contributed by atoms with Crippen LogP contribution in [0.3, 0.4) is 0 Å². The molecule has 0 unspecified atom stereocenters. The van der Waals surface area contributed by atoms with Crippen molar-refractivity contribution in [1.82, 2.24) is 0 Å². The Morgan fingerprint density at radius 1 is 1.67 bits per heavy atom. The average Bonchev–Trinajstić information content (AvgIpc) is 2.18. The molecule has 0 saturated heterocycles. The van der Waals surface area contributed by atoms with Gasteiger partial charge in [0, 0.05) is 13.7 Å². The van der Waals surface area contributed by atoms with Gasteiger partial charge in [-0.1, -0.05) is 0 Å². The zero-order chi connectivity index (χ0) is 11.1. The largest absolute Gasteiger partial charge is 0.431 e. The Balaban J connectivity index is 2.26. The third kappa shape index (κ3) is 1.40. The van der Waals surface area contributed by atoms with Gasteiger partial charge in [0.05, 0.1) is 12.0 Å². The maximum atomic E-state index is 11.6. The van der Waals surface area contributed by atoms with Gasteiger partial charge in [-0.25, -0.2) is 0 Å². The smallest absolute Gasteiger partial charge is 0.317 e. The highest BCUT2D eigenvalue weighted by Gasteiger charge is 2.61. The van der Waals surface area contributed by atoms with Gasteiger partial charge in [0.25, 0.3) is 0 Å². The highest BCUT2D eigenvalue weighted by Crippen LogP contribution is 2.48. The number of rotatable bonds is 3. The molecule has 1 aliphatic carbocycles. The van der Waals surface area contributed by atoms with E-state index in [4.69, 9.17) is 14.2 Å². The fraction of sp³-hybridized carbons (Fsp3) is 0.727. The summed E-state index contributed by atoms with van der Waals surface area (Å²) in [7, 11) is 1.61. The maximum absolute atomic E-state index is 11.6. The second-order valence-corrected chi connectivity index (χ2v) is 3.97. The Morgan fingerprint density at radius 3 is 3.00 bits per heavy atom. The molecule has 1 saturated carbocycles. The molecule has 0 amide bonds. The van der Waals surface area contributed by atoms with Crippen molar-refractivity contribution in [3.63, 3.8) is 0 Å². The van der Waals surface area contributed by atoms with Crippen LogP contribution in [0, 0.1) is 5.92 Å². The topological polar surface area (TPSA) is 44.8 Å². The summed E-state index contributed by atoms with van der Waals surface area (Å²) in [6.07, 6.45) is 2.52. The van der Waals surface area contributed by atoms with Crippen LogP contribution in [0.25, 0.3) is 0 Å². The van der Waals surface area contributed by atoms with Crippen LogP contribution in [0.2, 0.25) is 0 Å². The predicted molar refractivity (Wildman–Crippen MR) is 53.1 cm³/mol. The van der Waals surface area contributed by atoms with Crippen LogP contribution in [0.1, 0.15) is 20.3 Å². The van der Waals surface area contributed by atoms with Crippen molar-refractivity contribution in [2.45, 2.75) is 32.0 Å². The SMILES string of the molecule is CCO[C@@H]1C[C@H]2C(=O)OC(C)=C[C@@]12OC. The van der Waals surface area contributed by atoms with Crippen molar-refractivity contribution in [2.75, 3.05) is 13.7 Å². The van der Waals surface area contributed by atoms with Crippen LogP contribution in [-0.2, 0) is 19.0 Å². The Kier molecular flexibility index (Phi) is 2.56. The van der Waals surface area contributed by atoms with Gasteiger partial charge in [-0.15, -0.1) is 0 Å². The second-order valence-electron chi connectivity index (χ2n) is 3.97. The van der Waals surface area contributed by atoms with E-state index in [1.807, 2.05) is 13.0 Å². The number of carbonyl (C=O) groups excluding carboxylic acids is 1. The summed E-state index contributed by atoms with van der Waals surface area (Å²) >= 11 is 0. The third-order valence-electron chi connectivity index (χ3n) is 3.19. The lowest BCUT2D eigenvalue weighted by Crippen LogP contribution is -2.65. The quantitative estimate of drug-likeness (QED) is 0.661. The van der Waals surface area contributed by atoms with Crippen molar-refractivity contribution in [2.24, 2.45) is 5.92 Å². The Bertz CT molecular complexity index is 310. The van der Waals surface area contributed by atoms with Crippen LogP contribution in [-0.4, -0.2) is 31.4 Å². The number of fused-ring (bicyclic) bond motifs is 1. The van der Waals surface area contributed by atoms with Crippen molar-refractivity contribution in [3.8, 4) is 0 Å². The molecule has 2 aliphatic rings. The lowest BCUT2D eigenvalue weighted by molar-refractivity contribution is -0.219. The third-order valence-corrected chi connectivity index (χ3v) is 3.19. The molecule has 0 aromatic rings. The monoisotopic (exact) mass is 212 g/mol. The zero-order valence-electron chi connectivity index (χ0n) is 9.28. The van der Waals surface area contributed by atoms with E-state index in [1.165, 1.54) is 0 Å². The average molecular weight is 212 g/mol. The van der Waals surface area contributed by atoms with Crippen molar-refractivity contribution < 1.29 is 19.0 Å². The number of cyclic esters (lactones) is 1. The minimum absolute atomic E-state index is 0.0275. The lowest BCUT2D eigenvalue weighted by atomic mass is 9.65. The van der Waals surface area contributed by atoms with Gasteiger partial charge in [-0.2, -0.15) is 0 Å². The standard InChI is InChI=1S/C11H16O4/c1-4-14-9-5-8-10(12)15-7(2)6-11(8,9)13-3/h6,8-9H,4-5H2,1-3H3/t8-,9+,11-/m0/s1. The molecule has 0 aromatic heterocycles. The fourth-order valence-electron chi connectivity index (χ4n) is 2.43. The first-order valence-corrected chi connectivity index (χ1v) is 5.22. The van der Waals surface area contributed by atoms with E-state index in [-0.39, 0.29) is 18.0 Å². The minimum Gasteiger partial charge on any atom is -0.431 e. The molecule has 84 valence electrons.